The summed E-state index contributed by atoms with van der Waals surface area (Å²) < 4.78 is 74.5. The van der Waals surface area contributed by atoms with Crippen LogP contribution in [-0.4, -0.2) is 19.9 Å². The molecule has 0 spiro atoms. The summed E-state index contributed by atoms with van der Waals surface area (Å²) in [4.78, 5) is 13.9. The third-order valence-electron chi connectivity index (χ3n) is 14.0. The Bertz CT molecular complexity index is 1440. The lowest BCUT2D eigenvalue weighted by Gasteiger charge is -2.71. The van der Waals surface area contributed by atoms with E-state index >= 15 is 0 Å². The monoisotopic (exact) mass is 636 g/mol. The zero-order valence-electron chi connectivity index (χ0n) is 26.6. The van der Waals surface area contributed by atoms with E-state index in [-0.39, 0.29) is 33.9 Å². The highest BCUT2D eigenvalue weighted by Crippen LogP contribution is 2.76. The maximum Gasteiger partial charge on any atom is 0.534 e. The molecule has 1 aromatic rings. The van der Waals surface area contributed by atoms with Crippen molar-refractivity contribution in [2.24, 2.45) is 50.7 Å². The number of fused-ring (bicyclic) bond motifs is 7. The largest absolute Gasteiger partial charge is 0.534 e. The molecule has 4 fully saturated rings. The summed E-state index contributed by atoms with van der Waals surface area (Å²) in [6.45, 7) is 11.2. The lowest BCUT2D eigenvalue weighted by Crippen LogP contribution is -2.65. The summed E-state index contributed by atoms with van der Waals surface area (Å²) in [5.41, 5.74) is -5.95. The number of rotatable bonds is 5. The molecule has 0 bridgehead atoms. The van der Waals surface area contributed by atoms with Crippen LogP contribution in [0, 0.1) is 50.7 Å². The average Bonchev–Trinajstić information content (AvgIpc) is 3.39. The normalized spacial score (nSPS) is 41.3. The molecule has 5 aliphatic carbocycles. The van der Waals surface area contributed by atoms with Crippen LogP contribution in [-0.2, 0) is 30.4 Å². The van der Waals surface area contributed by atoms with E-state index in [0.29, 0.717) is 30.8 Å². The van der Waals surface area contributed by atoms with Gasteiger partial charge in [-0.25, -0.2) is 0 Å². The summed E-state index contributed by atoms with van der Waals surface area (Å²) >= 11 is 0. The molecule has 0 aliphatic heterocycles. The van der Waals surface area contributed by atoms with Crippen LogP contribution in [0.25, 0.3) is 0 Å². The molecule has 8 atom stereocenters. The third-order valence-corrected chi connectivity index (χ3v) is 14.9. The number of carbonyl (C=O) groups is 1. The Morgan fingerprint density at radius 3 is 2.25 bits per heavy atom. The number of ether oxygens (including phenoxy) is 1. The fraction of sp³-hybridized carbons (Fsp3) is 0.743. The van der Waals surface area contributed by atoms with E-state index in [1.807, 2.05) is 44.2 Å². The molecule has 9 heteroatoms. The first-order valence-corrected chi connectivity index (χ1v) is 17.8. The second-order valence-corrected chi connectivity index (χ2v) is 17.4. The van der Waals surface area contributed by atoms with Gasteiger partial charge in [-0.1, -0.05) is 71.4 Å². The molecule has 244 valence electrons. The van der Waals surface area contributed by atoms with Crippen molar-refractivity contribution in [2.75, 3.05) is 0 Å². The van der Waals surface area contributed by atoms with Crippen LogP contribution in [0.2, 0.25) is 0 Å². The molecule has 0 aromatic heterocycles. The van der Waals surface area contributed by atoms with Crippen LogP contribution in [0.5, 0.6) is 0 Å². The van der Waals surface area contributed by atoms with Crippen LogP contribution >= 0.6 is 0 Å². The highest BCUT2D eigenvalue weighted by atomic mass is 32.2. The smallest absolute Gasteiger partial charge is 0.460 e. The van der Waals surface area contributed by atoms with E-state index in [1.165, 1.54) is 0 Å². The molecule has 5 nitrogen and oxygen atoms in total. The standard InChI is InChI=1S/C35H47F3O5S/c1-30(2)26-15-19-33(5)27(31(26,3)18-16-28(30)43-44(40,41)35(36,37)38)14-13-24-25-12-9-17-34(25,21-20-32(24,33)4)29(39)42-22-23-10-7-6-8-11-23/h6-8,10-11,16,24-27H,9,12-15,17-22H2,1-5H3/t24-,25-,26+,27-,31+,32-,33-,34+/m1/s1. The van der Waals surface area contributed by atoms with Gasteiger partial charge in [-0.15, -0.1) is 0 Å². The molecule has 0 radical (unpaired) electrons. The molecule has 5 aliphatic rings. The fourth-order valence-corrected chi connectivity index (χ4v) is 12.3. The summed E-state index contributed by atoms with van der Waals surface area (Å²) in [6, 6.07) is 9.85. The molecule has 0 unspecified atom stereocenters. The predicted molar refractivity (Wildman–Crippen MR) is 161 cm³/mol. The Morgan fingerprint density at radius 2 is 1.57 bits per heavy atom. The van der Waals surface area contributed by atoms with Crippen molar-refractivity contribution in [3.8, 4) is 0 Å². The van der Waals surface area contributed by atoms with Gasteiger partial charge in [-0.2, -0.15) is 21.6 Å². The molecule has 0 amide bonds. The van der Waals surface area contributed by atoms with Gasteiger partial charge in [0.25, 0.3) is 0 Å². The number of benzene rings is 1. The quantitative estimate of drug-likeness (QED) is 0.183. The van der Waals surface area contributed by atoms with Gasteiger partial charge in [-0.05, 0) is 109 Å². The van der Waals surface area contributed by atoms with E-state index in [1.54, 1.807) is 6.08 Å². The lowest BCUT2D eigenvalue weighted by molar-refractivity contribution is -0.229. The maximum absolute atomic E-state index is 13.9. The predicted octanol–water partition coefficient (Wildman–Crippen LogP) is 8.95. The molecule has 44 heavy (non-hydrogen) atoms. The maximum atomic E-state index is 13.9. The number of alkyl halides is 3. The molecular weight excluding hydrogens is 589 g/mol. The van der Waals surface area contributed by atoms with E-state index in [9.17, 15) is 26.4 Å². The molecule has 0 N–H and O–H groups in total. The first kappa shape index (κ1) is 31.9. The van der Waals surface area contributed by atoms with Gasteiger partial charge in [0.15, 0.2) is 0 Å². The van der Waals surface area contributed by atoms with Crippen molar-refractivity contribution < 1.29 is 35.3 Å². The van der Waals surface area contributed by atoms with Gasteiger partial charge >= 0.3 is 21.6 Å². The molecule has 6 rings (SSSR count). The first-order valence-electron chi connectivity index (χ1n) is 16.3. The Labute approximate surface area is 260 Å². The number of allylic oxidation sites excluding steroid dienone is 2. The molecule has 1 aromatic carbocycles. The van der Waals surface area contributed by atoms with E-state index in [4.69, 9.17) is 8.92 Å². The number of esters is 1. The fourth-order valence-electron chi connectivity index (χ4n) is 11.7. The Balaban J connectivity index is 1.27. The first-order chi connectivity index (χ1) is 20.4. The van der Waals surface area contributed by atoms with E-state index < -0.39 is 26.5 Å². The second kappa shape index (κ2) is 10.2. The van der Waals surface area contributed by atoms with Gasteiger partial charge < -0.3 is 8.92 Å². The number of halogens is 3. The van der Waals surface area contributed by atoms with Gasteiger partial charge in [0.05, 0.1) is 5.41 Å². The summed E-state index contributed by atoms with van der Waals surface area (Å²) in [5, 5.41) is 0. The summed E-state index contributed by atoms with van der Waals surface area (Å²) in [7, 11) is -5.73. The molecule has 4 saturated carbocycles. The van der Waals surface area contributed by atoms with Crippen LogP contribution in [0.15, 0.2) is 42.2 Å². The van der Waals surface area contributed by atoms with E-state index in [2.05, 4.69) is 20.8 Å². The SMILES string of the molecule is CC1(C)C(OS(=O)(=O)C(F)(F)F)=CC[C@]2(C)[C@H]3CC[C@@H]4[C@H]5CCC[C@]5(C(=O)OCc5ccccc5)CC[C@@]4(C)[C@]3(C)CC[C@@H]12. The topological polar surface area (TPSA) is 69.7 Å². The highest BCUT2D eigenvalue weighted by Gasteiger charge is 2.71. The molecule has 0 saturated heterocycles. The van der Waals surface area contributed by atoms with Crippen molar-refractivity contribution in [2.45, 2.75) is 111 Å². The minimum atomic E-state index is -5.73. The van der Waals surface area contributed by atoms with Gasteiger partial charge in [0.2, 0.25) is 0 Å². The van der Waals surface area contributed by atoms with Gasteiger partial charge in [0.1, 0.15) is 12.4 Å². The van der Waals surface area contributed by atoms with Crippen LogP contribution in [0.1, 0.15) is 104 Å². The molecular formula is C35H47F3O5S. The van der Waals surface area contributed by atoms with Gasteiger partial charge in [0, 0.05) is 5.41 Å². The highest BCUT2D eigenvalue weighted by molar-refractivity contribution is 7.87. The van der Waals surface area contributed by atoms with E-state index in [0.717, 1.165) is 63.4 Å². The zero-order valence-corrected chi connectivity index (χ0v) is 27.5. The Morgan fingerprint density at radius 1 is 0.864 bits per heavy atom. The lowest BCUT2D eigenvalue weighted by atomic mass is 9.33. The zero-order chi connectivity index (χ0) is 32.0. The summed E-state index contributed by atoms with van der Waals surface area (Å²) in [5.74, 6) is 0.900. The Kier molecular flexibility index (Phi) is 7.43. The van der Waals surface area contributed by atoms with Crippen molar-refractivity contribution in [1.29, 1.82) is 0 Å². The number of hydrogen-bond donors (Lipinski definition) is 0. The van der Waals surface area contributed by atoms with Crippen LogP contribution < -0.4 is 0 Å². The van der Waals surface area contributed by atoms with Crippen molar-refractivity contribution in [3.05, 3.63) is 47.7 Å². The average molecular weight is 637 g/mol. The van der Waals surface area contributed by atoms with Crippen LogP contribution in [0.3, 0.4) is 0 Å². The molecule has 0 heterocycles. The number of hydrogen-bond acceptors (Lipinski definition) is 5. The van der Waals surface area contributed by atoms with Crippen LogP contribution in [0.4, 0.5) is 13.2 Å². The Hall–Kier alpha value is -2.03. The van der Waals surface area contributed by atoms with Gasteiger partial charge in [-0.3, -0.25) is 4.79 Å². The third kappa shape index (κ3) is 4.44. The van der Waals surface area contributed by atoms with Crippen molar-refractivity contribution >= 4 is 16.1 Å². The minimum Gasteiger partial charge on any atom is -0.460 e. The van der Waals surface area contributed by atoms with Crippen molar-refractivity contribution in [1.82, 2.24) is 0 Å². The minimum absolute atomic E-state index is 0.00974. The second-order valence-electron chi connectivity index (χ2n) is 15.9. The summed E-state index contributed by atoms with van der Waals surface area (Å²) in [6.07, 6.45) is 10.6. The number of carbonyl (C=O) groups excluding carboxylic acids is 1. The van der Waals surface area contributed by atoms with Crippen molar-refractivity contribution in [3.63, 3.8) is 0 Å².